The van der Waals surface area contributed by atoms with Gasteiger partial charge in [0, 0.05) is 6.54 Å². The lowest BCUT2D eigenvalue weighted by atomic mass is 10.2. The molecule has 0 unspecified atom stereocenters. The van der Waals surface area contributed by atoms with Gasteiger partial charge >= 0.3 is 0 Å². The molecule has 0 fully saturated rings. The third-order valence-electron chi connectivity index (χ3n) is 2.35. The van der Waals surface area contributed by atoms with E-state index in [0.29, 0.717) is 4.47 Å². The van der Waals surface area contributed by atoms with Crippen LogP contribution in [0.1, 0.15) is 5.56 Å². The number of nitrogens with zero attached hydrogens (tertiary/aromatic N) is 2. The van der Waals surface area contributed by atoms with Gasteiger partial charge in [0.05, 0.1) is 14.6 Å². The fraction of sp³-hybridized carbons (Fsp3) is 0.250. The Kier molecular flexibility index (Phi) is 4.92. The van der Waals surface area contributed by atoms with Crippen LogP contribution >= 0.6 is 46.5 Å². The molecule has 2 aromatic rings. The number of rotatable bonds is 0. The van der Waals surface area contributed by atoms with E-state index in [0.717, 1.165) is 21.1 Å². The highest BCUT2D eigenvalue weighted by Crippen LogP contribution is 2.28. The third-order valence-corrected chi connectivity index (χ3v) is 4.63. The number of hydrogen-bond acceptors (Lipinski definition) is 4. The largest absolute Gasteiger partial charge is 0.245 e. The first-order valence-electron chi connectivity index (χ1n) is 5.32. The zero-order valence-corrected chi connectivity index (χ0v) is 13.1. The number of para-hydroxylation sites is 1. The fourth-order valence-electron chi connectivity index (χ4n) is 1.48. The van der Waals surface area contributed by atoms with Crippen LogP contribution in [0.4, 0.5) is 0 Å². The Morgan fingerprint density at radius 3 is 2.61 bits per heavy atom. The molecule has 0 N–H and O–H groups in total. The van der Waals surface area contributed by atoms with Gasteiger partial charge < -0.3 is 0 Å². The van der Waals surface area contributed by atoms with Crippen LogP contribution in [0.2, 0.25) is 4.47 Å². The van der Waals surface area contributed by atoms with Crippen molar-refractivity contribution in [2.45, 2.75) is 6.92 Å². The van der Waals surface area contributed by atoms with Crippen LogP contribution in [-0.2, 0) is 0 Å². The lowest BCUT2D eigenvalue weighted by Gasteiger charge is -2.00. The number of benzene rings is 1. The van der Waals surface area contributed by atoms with Crippen LogP contribution in [0.25, 0.3) is 10.2 Å². The van der Waals surface area contributed by atoms with Crippen molar-refractivity contribution in [2.75, 3.05) is 13.6 Å². The molecular weight excluding hydrogens is 307 g/mol. The molecule has 1 aliphatic heterocycles. The standard InChI is InChI=1S/C8H6ClNS.C4H6ClNS/c1-5-3-2-4-6-7(5)10-8(9)11-6;1-6-3-2-4(5)7-6/h2-4H,1H3;2H,3H2,1H3. The van der Waals surface area contributed by atoms with Gasteiger partial charge in [0.2, 0.25) is 0 Å². The Hall–Kier alpha value is -0.260. The van der Waals surface area contributed by atoms with Gasteiger partial charge in [0.25, 0.3) is 0 Å². The molecule has 0 bridgehead atoms. The van der Waals surface area contributed by atoms with E-state index in [4.69, 9.17) is 23.2 Å². The molecule has 18 heavy (non-hydrogen) atoms. The summed E-state index contributed by atoms with van der Waals surface area (Å²) in [6.45, 7) is 3.02. The highest BCUT2D eigenvalue weighted by atomic mass is 35.5. The Labute approximate surface area is 125 Å². The third kappa shape index (κ3) is 3.62. The van der Waals surface area contributed by atoms with Gasteiger partial charge in [0.15, 0.2) is 4.47 Å². The molecule has 1 aliphatic rings. The number of aryl methyl sites for hydroxylation is 1. The normalized spacial score (nSPS) is 15.4. The van der Waals surface area contributed by atoms with Crippen molar-refractivity contribution < 1.29 is 0 Å². The summed E-state index contributed by atoms with van der Waals surface area (Å²) in [6, 6.07) is 6.09. The molecule has 0 spiro atoms. The second-order valence-electron chi connectivity index (χ2n) is 3.80. The SMILES string of the molecule is CN1CC=C(Cl)S1.Cc1cccc2sc(Cl)nc12. The molecule has 0 saturated heterocycles. The summed E-state index contributed by atoms with van der Waals surface area (Å²) >= 11 is 14.5. The highest BCUT2D eigenvalue weighted by molar-refractivity contribution is 8.02. The van der Waals surface area contributed by atoms with Crippen LogP contribution in [0, 0.1) is 6.92 Å². The number of halogens is 2. The molecule has 6 heteroatoms. The van der Waals surface area contributed by atoms with E-state index in [1.165, 1.54) is 16.9 Å². The molecule has 2 heterocycles. The Morgan fingerprint density at radius 1 is 1.33 bits per heavy atom. The molecule has 1 aromatic heterocycles. The second kappa shape index (κ2) is 6.26. The van der Waals surface area contributed by atoms with Gasteiger partial charge in [0.1, 0.15) is 0 Å². The van der Waals surface area contributed by atoms with E-state index >= 15 is 0 Å². The van der Waals surface area contributed by atoms with Gasteiger partial charge in [-0.3, -0.25) is 0 Å². The minimum Gasteiger partial charge on any atom is -0.245 e. The number of hydrogen-bond donors (Lipinski definition) is 0. The number of aromatic nitrogens is 1. The van der Waals surface area contributed by atoms with Gasteiger partial charge in [-0.2, -0.15) is 0 Å². The van der Waals surface area contributed by atoms with Gasteiger partial charge in [-0.25, -0.2) is 9.29 Å². The van der Waals surface area contributed by atoms with Gasteiger partial charge in [-0.05, 0) is 43.6 Å². The molecule has 96 valence electrons. The van der Waals surface area contributed by atoms with Crippen molar-refractivity contribution in [1.82, 2.24) is 9.29 Å². The molecule has 0 aliphatic carbocycles. The summed E-state index contributed by atoms with van der Waals surface area (Å²) < 4.78 is 4.74. The maximum Gasteiger partial charge on any atom is 0.184 e. The maximum absolute atomic E-state index is 5.76. The van der Waals surface area contributed by atoms with Crippen LogP contribution in [0.5, 0.6) is 0 Å². The van der Waals surface area contributed by atoms with E-state index in [2.05, 4.69) is 9.29 Å². The maximum atomic E-state index is 5.76. The van der Waals surface area contributed by atoms with Crippen molar-refractivity contribution in [3.05, 3.63) is 38.7 Å². The Morgan fingerprint density at radius 2 is 2.11 bits per heavy atom. The Bertz CT molecular complexity index is 580. The summed E-state index contributed by atoms with van der Waals surface area (Å²) in [7, 11) is 2.01. The molecule has 2 nitrogen and oxygen atoms in total. The quantitative estimate of drug-likeness (QED) is 0.641. The van der Waals surface area contributed by atoms with Crippen LogP contribution in [0.15, 0.2) is 28.6 Å². The van der Waals surface area contributed by atoms with Crippen LogP contribution in [0.3, 0.4) is 0 Å². The molecule has 3 rings (SSSR count). The first-order chi connectivity index (χ1) is 8.56. The lowest BCUT2D eigenvalue weighted by Crippen LogP contribution is -2.01. The van der Waals surface area contributed by atoms with Crippen LogP contribution < -0.4 is 0 Å². The smallest absolute Gasteiger partial charge is 0.184 e. The van der Waals surface area contributed by atoms with Crippen molar-refractivity contribution in [2.24, 2.45) is 0 Å². The van der Waals surface area contributed by atoms with E-state index in [-0.39, 0.29) is 0 Å². The average molecular weight is 319 g/mol. The number of fused-ring (bicyclic) bond motifs is 1. The highest BCUT2D eigenvalue weighted by Gasteiger charge is 2.06. The van der Waals surface area contributed by atoms with Crippen LogP contribution in [-0.4, -0.2) is 22.9 Å². The molecule has 0 amide bonds. The monoisotopic (exact) mass is 318 g/mol. The molecule has 0 atom stereocenters. The topological polar surface area (TPSA) is 16.1 Å². The molecule has 1 aromatic carbocycles. The summed E-state index contributed by atoms with van der Waals surface area (Å²) in [6.07, 6.45) is 1.99. The molecular formula is C12H12Cl2N2S2. The number of thiazole rings is 1. The van der Waals surface area contributed by atoms with Gasteiger partial charge in [-0.15, -0.1) is 11.3 Å². The molecule has 0 saturated carbocycles. The van der Waals surface area contributed by atoms with E-state index in [1.54, 1.807) is 11.9 Å². The van der Waals surface area contributed by atoms with Crippen molar-refractivity contribution in [3.63, 3.8) is 0 Å². The predicted octanol–water partition coefficient (Wildman–Crippen LogP) is 4.92. The van der Waals surface area contributed by atoms with Gasteiger partial charge in [-0.1, -0.05) is 35.3 Å². The second-order valence-corrected chi connectivity index (χ2v) is 7.29. The first-order valence-corrected chi connectivity index (χ1v) is 7.67. The fourth-order valence-corrected chi connectivity index (χ4v) is 3.60. The van der Waals surface area contributed by atoms with Crippen molar-refractivity contribution in [1.29, 1.82) is 0 Å². The van der Waals surface area contributed by atoms with E-state index in [1.807, 2.05) is 38.2 Å². The lowest BCUT2D eigenvalue weighted by molar-refractivity contribution is 0.650. The number of likely N-dealkylation sites (N-methyl/N-ethyl adjacent to an activating group) is 1. The summed E-state index contributed by atoms with van der Waals surface area (Å²) in [4.78, 5) is 4.20. The predicted molar refractivity (Wildman–Crippen MR) is 83.5 cm³/mol. The average Bonchev–Trinajstić information content (AvgIpc) is 2.86. The Balaban J connectivity index is 0.000000149. The minimum absolute atomic E-state index is 0.620. The molecule has 0 radical (unpaired) electrons. The summed E-state index contributed by atoms with van der Waals surface area (Å²) in [5.41, 5.74) is 2.22. The zero-order valence-electron chi connectivity index (χ0n) is 9.98. The van der Waals surface area contributed by atoms with Crippen molar-refractivity contribution in [3.8, 4) is 0 Å². The minimum atomic E-state index is 0.620. The summed E-state index contributed by atoms with van der Waals surface area (Å²) in [5, 5.41) is 0. The zero-order chi connectivity index (χ0) is 13.1. The summed E-state index contributed by atoms with van der Waals surface area (Å²) in [5.74, 6) is 0. The first kappa shape index (κ1) is 14.2. The van der Waals surface area contributed by atoms with Crippen molar-refractivity contribution >= 4 is 56.7 Å². The van der Waals surface area contributed by atoms with E-state index < -0.39 is 0 Å². The van der Waals surface area contributed by atoms with E-state index in [9.17, 15) is 0 Å².